The Hall–Kier alpha value is -2.20. The maximum Gasteiger partial charge on any atom is 0.154 e. The van der Waals surface area contributed by atoms with Crippen LogP contribution in [0.1, 0.15) is 0 Å². The summed E-state index contributed by atoms with van der Waals surface area (Å²) in [5.41, 5.74) is 6.52. The number of halogens is 1. The number of nitrogen functional groups attached to an aromatic ring is 1. The number of ether oxygens (including phenoxy) is 2. The van der Waals surface area contributed by atoms with Crippen molar-refractivity contribution in [1.82, 2.24) is 0 Å². The Morgan fingerprint density at radius 1 is 0.952 bits per heavy atom. The van der Waals surface area contributed by atoms with Gasteiger partial charge < -0.3 is 15.2 Å². The number of nitrogens with two attached hydrogens (primary N) is 1. The first-order valence-corrected chi connectivity index (χ1v) is 7.27. The fourth-order valence-electron chi connectivity index (χ4n) is 2.14. The lowest BCUT2D eigenvalue weighted by Gasteiger charge is -2.12. The van der Waals surface area contributed by atoms with Gasteiger partial charge in [0.15, 0.2) is 5.75 Å². The van der Waals surface area contributed by atoms with E-state index in [1.54, 1.807) is 25.3 Å². The van der Waals surface area contributed by atoms with Gasteiger partial charge in [0.1, 0.15) is 11.5 Å². The van der Waals surface area contributed by atoms with Crippen molar-refractivity contribution >= 4 is 32.4 Å². The number of hydrogen-bond donors (Lipinski definition) is 1. The third-order valence-electron chi connectivity index (χ3n) is 3.27. The molecule has 0 saturated carbocycles. The number of rotatable bonds is 3. The zero-order valence-electron chi connectivity index (χ0n) is 11.5. The number of hydrogen-bond acceptors (Lipinski definition) is 3. The van der Waals surface area contributed by atoms with Gasteiger partial charge in [-0.25, -0.2) is 0 Å². The van der Waals surface area contributed by atoms with Crippen LogP contribution in [0.25, 0.3) is 10.8 Å². The maximum absolute atomic E-state index is 5.96. The van der Waals surface area contributed by atoms with E-state index in [1.807, 2.05) is 30.3 Å². The molecule has 0 saturated heterocycles. The quantitative estimate of drug-likeness (QED) is 0.681. The lowest BCUT2D eigenvalue weighted by molar-refractivity contribution is 0.409. The summed E-state index contributed by atoms with van der Waals surface area (Å²) in [6, 6.07) is 17.4. The summed E-state index contributed by atoms with van der Waals surface area (Å²) in [4.78, 5) is 0. The molecule has 0 radical (unpaired) electrons. The van der Waals surface area contributed by atoms with Crippen LogP contribution in [0.3, 0.4) is 0 Å². The average Bonchev–Trinajstić information content (AvgIpc) is 2.52. The lowest BCUT2D eigenvalue weighted by atomic mass is 10.1. The van der Waals surface area contributed by atoms with E-state index < -0.39 is 0 Å². The van der Waals surface area contributed by atoms with Crippen molar-refractivity contribution in [1.29, 1.82) is 0 Å². The smallest absolute Gasteiger partial charge is 0.154 e. The Morgan fingerprint density at radius 3 is 2.57 bits per heavy atom. The Balaban J connectivity index is 2.04. The van der Waals surface area contributed by atoms with Crippen LogP contribution in [0.15, 0.2) is 59.1 Å². The fraction of sp³-hybridized carbons (Fsp3) is 0.0588. The van der Waals surface area contributed by atoms with E-state index in [1.165, 1.54) is 0 Å². The summed E-state index contributed by atoms with van der Waals surface area (Å²) >= 11 is 3.60. The molecule has 0 aromatic heterocycles. The van der Waals surface area contributed by atoms with Crippen molar-refractivity contribution in [3.05, 3.63) is 59.1 Å². The van der Waals surface area contributed by atoms with Crippen molar-refractivity contribution in [2.24, 2.45) is 0 Å². The minimum Gasteiger partial charge on any atom is -0.497 e. The van der Waals surface area contributed by atoms with Gasteiger partial charge >= 0.3 is 0 Å². The van der Waals surface area contributed by atoms with Gasteiger partial charge in [-0.2, -0.15) is 0 Å². The second-order valence-electron chi connectivity index (χ2n) is 4.60. The molecule has 0 spiro atoms. The van der Waals surface area contributed by atoms with Crippen molar-refractivity contribution in [3.8, 4) is 17.2 Å². The normalized spacial score (nSPS) is 10.6. The van der Waals surface area contributed by atoms with E-state index in [0.29, 0.717) is 22.9 Å². The van der Waals surface area contributed by atoms with E-state index in [0.717, 1.165) is 15.2 Å². The highest BCUT2D eigenvalue weighted by Gasteiger charge is 2.09. The highest BCUT2D eigenvalue weighted by molar-refractivity contribution is 9.10. The van der Waals surface area contributed by atoms with Crippen LogP contribution in [-0.2, 0) is 0 Å². The molecule has 3 rings (SSSR count). The molecule has 0 heterocycles. The highest BCUT2D eigenvalue weighted by Crippen LogP contribution is 2.38. The number of anilines is 1. The fourth-order valence-corrected chi connectivity index (χ4v) is 2.72. The molecular weight excluding hydrogens is 330 g/mol. The van der Waals surface area contributed by atoms with Gasteiger partial charge in [-0.1, -0.05) is 30.3 Å². The van der Waals surface area contributed by atoms with E-state index in [-0.39, 0.29) is 0 Å². The van der Waals surface area contributed by atoms with Crippen LogP contribution in [-0.4, -0.2) is 7.11 Å². The summed E-state index contributed by atoms with van der Waals surface area (Å²) in [5, 5.41) is 2.24. The molecule has 2 N–H and O–H groups in total. The molecule has 0 unspecified atom stereocenters. The standard InChI is InChI=1S/C17H14BrNO2/c1-20-12-7-8-14(19)16(10-12)21-15-9-6-11-4-2-3-5-13(11)17(15)18/h2-10H,19H2,1H3. The predicted molar refractivity (Wildman–Crippen MR) is 89.1 cm³/mol. The SMILES string of the molecule is COc1ccc(N)c(Oc2ccc3ccccc3c2Br)c1. The molecule has 4 heteroatoms. The van der Waals surface area contributed by atoms with Crippen molar-refractivity contribution in [3.63, 3.8) is 0 Å². The van der Waals surface area contributed by atoms with Crippen LogP contribution >= 0.6 is 15.9 Å². The molecule has 106 valence electrons. The van der Waals surface area contributed by atoms with Crippen LogP contribution in [0.5, 0.6) is 17.2 Å². The van der Waals surface area contributed by atoms with E-state index >= 15 is 0 Å². The summed E-state index contributed by atoms with van der Waals surface area (Å²) < 4.78 is 12.0. The van der Waals surface area contributed by atoms with Gasteiger partial charge in [-0.15, -0.1) is 0 Å². The molecular formula is C17H14BrNO2. The van der Waals surface area contributed by atoms with Gasteiger partial charge in [-0.05, 0) is 44.9 Å². The molecule has 0 fully saturated rings. The summed E-state index contributed by atoms with van der Waals surface area (Å²) in [5.74, 6) is 2.00. The Morgan fingerprint density at radius 2 is 1.76 bits per heavy atom. The van der Waals surface area contributed by atoms with Crippen molar-refractivity contribution in [2.45, 2.75) is 0 Å². The summed E-state index contributed by atoms with van der Waals surface area (Å²) in [6.07, 6.45) is 0. The number of methoxy groups -OCH3 is 1. The van der Waals surface area contributed by atoms with Crippen LogP contribution in [0.2, 0.25) is 0 Å². The number of benzene rings is 3. The van der Waals surface area contributed by atoms with E-state index in [2.05, 4.69) is 22.0 Å². The molecule has 0 aliphatic heterocycles. The topological polar surface area (TPSA) is 44.5 Å². The minimum absolute atomic E-state index is 0.566. The molecule has 0 atom stereocenters. The lowest BCUT2D eigenvalue weighted by Crippen LogP contribution is -1.94. The second kappa shape index (κ2) is 5.66. The monoisotopic (exact) mass is 343 g/mol. The first-order valence-electron chi connectivity index (χ1n) is 6.47. The molecule has 0 amide bonds. The zero-order valence-corrected chi connectivity index (χ0v) is 13.1. The minimum atomic E-state index is 0.566. The van der Waals surface area contributed by atoms with Crippen LogP contribution in [0, 0.1) is 0 Å². The van der Waals surface area contributed by atoms with Crippen LogP contribution in [0.4, 0.5) is 5.69 Å². The molecule has 3 aromatic rings. The van der Waals surface area contributed by atoms with Gasteiger partial charge in [0, 0.05) is 6.07 Å². The third-order valence-corrected chi connectivity index (χ3v) is 4.09. The summed E-state index contributed by atoms with van der Waals surface area (Å²) in [7, 11) is 1.61. The maximum atomic E-state index is 5.96. The first kappa shape index (κ1) is 13.8. The van der Waals surface area contributed by atoms with E-state index in [4.69, 9.17) is 15.2 Å². The summed E-state index contributed by atoms with van der Waals surface area (Å²) in [6.45, 7) is 0. The Kier molecular flexibility index (Phi) is 3.71. The molecule has 0 bridgehead atoms. The second-order valence-corrected chi connectivity index (χ2v) is 5.40. The molecule has 3 nitrogen and oxygen atoms in total. The Labute approximate surface area is 131 Å². The molecule has 0 aliphatic rings. The van der Waals surface area contributed by atoms with Crippen molar-refractivity contribution in [2.75, 3.05) is 12.8 Å². The van der Waals surface area contributed by atoms with Gasteiger partial charge in [0.2, 0.25) is 0 Å². The predicted octanol–water partition coefficient (Wildman–Crippen LogP) is 4.99. The van der Waals surface area contributed by atoms with Crippen molar-refractivity contribution < 1.29 is 9.47 Å². The average molecular weight is 344 g/mol. The molecule has 3 aromatic carbocycles. The van der Waals surface area contributed by atoms with E-state index in [9.17, 15) is 0 Å². The van der Waals surface area contributed by atoms with Gasteiger partial charge in [0.05, 0.1) is 17.3 Å². The molecule has 21 heavy (non-hydrogen) atoms. The zero-order chi connectivity index (χ0) is 14.8. The van der Waals surface area contributed by atoms with Gasteiger partial charge in [-0.3, -0.25) is 0 Å². The molecule has 0 aliphatic carbocycles. The van der Waals surface area contributed by atoms with Gasteiger partial charge in [0.25, 0.3) is 0 Å². The highest BCUT2D eigenvalue weighted by atomic mass is 79.9. The Bertz CT molecular complexity index is 802. The largest absolute Gasteiger partial charge is 0.497 e. The first-order chi connectivity index (χ1) is 10.2. The van der Waals surface area contributed by atoms with Crippen LogP contribution < -0.4 is 15.2 Å². The third kappa shape index (κ3) is 2.67. The number of fused-ring (bicyclic) bond motifs is 1.